The van der Waals surface area contributed by atoms with E-state index in [-0.39, 0.29) is 18.4 Å². The molecule has 0 saturated carbocycles. The molecule has 0 spiro atoms. The molecule has 1 heterocycles. The van der Waals surface area contributed by atoms with Gasteiger partial charge in [0.1, 0.15) is 6.04 Å². The van der Waals surface area contributed by atoms with Crippen molar-refractivity contribution in [1.29, 1.82) is 0 Å². The largest absolute Gasteiger partial charge is 0.465 e. The first-order chi connectivity index (χ1) is 8.63. The summed E-state index contributed by atoms with van der Waals surface area (Å²) in [6.45, 7) is 2.12. The summed E-state index contributed by atoms with van der Waals surface area (Å²) in [6.07, 6.45) is 2.35. The van der Waals surface area contributed by atoms with Gasteiger partial charge in [-0.05, 0) is 34.5 Å². The zero-order valence-electron chi connectivity index (χ0n) is 10.5. The van der Waals surface area contributed by atoms with Gasteiger partial charge in [0.05, 0.1) is 12.1 Å². The molecule has 0 unspecified atom stereocenters. The van der Waals surface area contributed by atoms with Gasteiger partial charge in [0, 0.05) is 22.5 Å². The van der Waals surface area contributed by atoms with Crippen molar-refractivity contribution in [3.8, 4) is 0 Å². The molecule has 1 aromatic heterocycles. The van der Waals surface area contributed by atoms with Gasteiger partial charge in [0.15, 0.2) is 0 Å². The van der Waals surface area contributed by atoms with Crippen LogP contribution < -0.4 is 5.73 Å². The monoisotopic (exact) mass is 346 g/mol. The van der Waals surface area contributed by atoms with E-state index in [0.29, 0.717) is 13.0 Å². The van der Waals surface area contributed by atoms with Crippen molar-refractivity contribution in [2.45, 2.75) is 19.4 Å². The number of hydrogen-bond acceptors (Lipinski definition) is 3. The summed E-state index contributed by atoms with van der Waals surface area (Å²) in [5.74, 6) is -0.359. The SMILES string of the molecule is CCOC(=O)[C@@H](N)Cc1c[nH]c2c(Br)cccc12.Cl. The first kappa shape index (κ1) is 16.0. The zero-order valence-corrected chi connectivity index (χ0v) is 12.9. The molecular weight excluding hydrogens is 332 g/mol. The molecule has 0 amide bonds. The van der Waals surface area contributed by atoms with Gasteiger partial charge in [-0.2, -0.15) is 0 Å². The average molecular weight is 348 g/mol. The molecule has 0 bridgehead atoms. The quantitative estimate of drug-likeness (QED) is 0.836. The average Bonchev–Trinajstić information content (AvgIpc) is 2.74. The second kappa shape index (κ2) is 6.93. The molecule has 3 N–H and O–H groups in total. The molecule has 1 aromatic carbocycles. The maximum Gasteiger partial charge on any atom is 0.323 e. The van der Waals surface area contributed by atoms with E-state index in [2.05, 4.69) is 20.9 Å². The fraction of sp³-hybridized carbons (Fsp3) is 0.308. The second-order valence-electron chi connectivity index (χ2n) is 4.04. The highest BCUT2D eigenvalue weighted by atomic mass is 79.9. The Hall–Kier alpha value is -1.04. The molecule has 2 aromatic rings. The summed E-state index contributed by atoms with van der Waals surface area (Å²) in [7, 11) is 0. The summed E-state index contributed by atoms with van der Waals surface area (Å²) in [4.78, 5) is 14.7. The summed E-state index contributed by atoms with van der Waals surface area (Å²) in [6, 6.07) is 5.31. The fourth-order valence-electron chi connectivity index (χ4n) is 1.91. The number of fused-ring (bicyclic) bond motifs is 1. The van der Waals surface area contributed by atoms with E-state index in [1.807, 2.05) is 24.4 Å². The number of aromatic amines is 1. The Morgan fingerprint density at radius 2 is 2.26 bits per heavy atom. The molecule has 0 aliphatic carbocycles. The molecule has 104 valence electrons. The van der Waals surface area contributed by atoms with Gasteiger partial charge in [-0.25, -0.2) is 0 Å². The van der Waals surface area contributed by atoms with Gasteiger partial charge in [-0.15, -0.1) is 12.4 Å². The van der Waals surface area contributed by atoms with Crippen LogP contribution in [0.1, 0.15) is 12.5 Å². The van der Waals surface area contributed by atoms with Crippen LogP contribution in [0.4, 0.5) is 0 Å². The molecule has 2 rings (SSSR count). The van der Waals surface area contributed by atoms with E-state index in [1.165, 1.54) is 0 Å². The second-order valence-corrected chi connectivity index (χ2v) is 4.89. The topological polar surface area (TPSA) is 68.1 Å². The van der Waals surface area contributed by atoms with Crippen LogP contribution in [0.15, 0.2) is 28.9 Å². The van der Waals surface area contributed by atoms with Gasteiger partial charge in [0.25, 0.3) is 0 Å². The van der Waals surface area contributed by atoms with Crippen molar-refractivity contribution in [3.05, 3.63) is 34.4 Å². The van der Waals surface area contributed by atoms with Crippen molar-refractivity contribution in [1.82, 2.24) is 4.98 Å². The van der Waals surface area contributed by atoms with E-state index in [1.54, 1.807) is 6.92 Å². The number of hydrogen-bond donors (Lipinski definition) is 2. The maximum absolute atomic E-state index is 11.5. The minimum atomic E-state index is -0.622. The Morgan fingerprint density at radius 1 is 1.53 bits per heavy atom. The number of benzene rings is 1. The Morgan fingerprint density at radius 3 is 2.95 bits per heavy atom. The molecule has 4 nitrogen and oxygen atoms in total. The number of nitrogens with two attached hydrogens (primary N) is 1. The van der Waals surface area contributed by atoms with E-state index in [4.69, 9.17) is 10.5 Å². The first-order valence-corrected chi connectivity index (χ1v) is 6.59. The number of para-hydroxylation sites is 1. The van der Waals surface area contributed by atoms with Gasteiger partial charge < -0.3 is 15.5 Å². The lowest BCUT2D eigenvalue weighted by Crippen LogP contribution is -2.34. The third-order valence-electron chi connectivity index (χ3n) is 2.78. The molecule has 6 heteroatoms. The predicted molar refractivity (Wildman–Crippen MR) is 81.6 cm³/mol. The number of carbonyl (C=O) groups excluding carboxylic acids is 1. The van der Waals surface area contributed by atoms with Crippen LogP contribution in [0.25, 0.3) is 10.9 Å². The minimum Gasteiger partial charge on any atom is -0.465 e. The predicted octanol–water partition coefficient (Wildman–Crippen LogP) is 2.79. The summed E-state index contributed by atoms with van der Waals surface area (Å²) >= 11 is 3.48. The molecule has 0 aliphatic heterocycles. The lowest BCUT2D eigenvalue weighted by molar-refractivity contribution is -0.144. The molecule has 0 fully saturated rings. The normalized spacial score (nSPS) is 11.9. The van der Waals surface area contributed by atoms with Crippen LogP contribution in [-0.4, -0.2) is 23.6 Å². The van der Waals surface area contributed by atoms with Crippen LogP contribution in [0.5, 0.6) is 0 Å². The third kappa shape index (κ3) is 3.49. The Bertz CT molecular complexity index is 571. The lowest BCUT2D eigenvalue weighted by Gasteiger charge is -2.09. The Balaban J connectivity index is 0.00000180. The molecule has 19 heavy (non-hydrogen) atoms. The van der Waals surface area contributed by atoms with Crippen LogP contribution in [0.2, 0.25) is 0 Å². The third-order valence-corrected chi connectivity index (χ3v) is 3.44. The Kier molecular flexibility index (Phi) is 5.85. The van der Waals surface area contributed by atoms with Crippen molar-refractivity contribution in [2.75, 3.05) is 6.61 Å². The van der Waals surface area contributed by atoms with Crippen molar-refractivity contribution >= 4 is 45.2 Å². The number of H-pyrrole nitrogens is 1. The van der Waals surface area contributed by atoms with Gasteiger partial charge in [-0.1, -0.05) is 12.1 Å². The maximum atomic E-state index is 11.5. The number of nitrogens with one attached hydrogen (secondary N) is 1. The molecular formula is C13H16BrClN2O2. The van der Waals surface area contributed by atoms with Crippen LogP contribution in [0, 0.1) is 0 Å². The van der Waals surface area contributed by atoms with E-state index >= 15 is 0 Å². The summed E-state index contributed by atoms with van der Waals surface area (Å²) in [5.41, 5.74) is 7.86. The highest BCUT2D eigenvalue weighted by Gasteiger charge is 2.17. The zero-order chi connectivity index (χ0) is 13.1. The molecule has 0 saturated heterocycles. The van der Waals surface area contributed by atoms with E-state index in [0.717, 1.165) is 20.9 Å². The summed E-state index contributed by atoms with van der Waals surface area (Å²) < 4.78 is 5.90. The van der Waals surface area contributed by atoms with Gasteiger partial charge in [-0.3, -0.25) is 4.79 Å². The van der Waals surface area contributed by atoms with Gasteiger partial charge >= 0.3 is 5.97 Å². The van der Waals surface area contributed by atoms with Crippen molar-refractivity contribution in [3.63, 3.8) is 0 Å². The van der Waals surface area contributed by atoms with Crippen LogP contribution in [-0.2, 0) is 16.0 Å². The minimum absolute atomic E-state index is 0. The highest BCUT2D eigenvalue weighted by molar-refractivity contribution is 9.10. The van der Waals surface area contributed by atoms with Crippen LogP contribution >= 0.6 is 28.3 Å². The van der Waals surface area contributed by atoms with E-state index < -0.39 is 6.04 Å². The number of rotatable bonds is 4. The number of ether oxygens (including phenoxy) is 1. The highest BCUT2D eigenvalue weighted by Crippen LogP contribution is 2.26. The molecule has 1 atom stereocenters. The van der Waals surface area contributed by atoms with E-state index in [9.17, 15) is 4.79 Å². The van der Waals surface area contributed by atoms with Gasteiger partial charge in [0.2, 0.25) is 0 Å². The fourth-order valence-corrected chi connectivity index (χ4v) is 2.39. The number of aromatic nitrogens is 1. The van der Waals surface area contributed by atoms with Crippen molar-refractivity contribution in [2.24, 2.45) is 5.73 Å². The first-order valence-electron chi connectivity index (χ1n) is 5.80. The van der Waals surface area contributed by atoms with Crippen molar-refractivity contribution < 1.29 is 9.53 Å². The smallest absolute Gasteiger partial charge is 0.323 e. The summed E-state index contributed by atoms with van der Waals surface area (Å²) in [5, 5.41) is 1.07. The standard InChI is InChI=1S/C13H15BrN2O2.ClH/c1-2-18-13(17)11(15)6-8-7-16-12-9(8)4-3-5-10(12)14;/h3-5,7,11,16H,2,6,15H2,1H3;1H/t11-;/m0./s1. The number of carbonyl (C=O) groups is 1. The van der Waals surface area contributed by atoms with Crippen LogP contribution in [0.3, 0.4) is 0 Å². The lowest BCUT2D eigenvalue weighted by atomic mass is 10.1. The molecule has 0 aliphatic rings. The number of esters is 1. The molecule has 0 radical (unpaired) electrons. The Labute approximate surface area is 126 Å². The number of halogens is 2.